The Balaban J connectivity index is 2.52. The second kappa shape index (κ2) is 5.17. The molecule has 0 saturated heterocycles. The predicted molar refractivity (Wildman–Crippen MR) is 82.4 cm³/mol. The molecular weight excluding hydrogens is 272 g/mol. The summed E-state index contributed by atoms with van der Waals surface area (Å²) in [6.45, 7) is 3.88. The standard InChI is InChI=1S/C15H18N2O2S/c1-11-8-12(2)10-13(9-11)17(3)20(18,19)15-7-5-4-6-14(15)16/h4-10H,16H2,1-3H3. The van der Waals surface area contributed by atoms with Crippen molar-refractivity contribution in [3.05, 3.63) is 53.6 Å². The number of rotatable bonds is 3. The van der Waals surface area contributed by atoms with Gasteiger partial charge in [0.05, 0.1) is 11.4 Å². The Morgan fingerprint density at radius 3 is 2.10 bits per heavy atom. The summed E-state index contributed by atoms with van der Waals surface area (Å²) >= 11 is 0. The lowest BCUT2D eigenvalue weighted by molar-refractivity contribution is 0.595. The highest BCUT2D eigenvalue weighted by Crippen LogP contribution is 2.26. The van der Waals surface area contributed by atoms with E-state index in [1.165, 1.54) is 17.4 Å². The second-order valence-electron chi connectivity index (χ2n) is 4.86. The van der Waals surface area contributed by atoms with E-state index in [1.54, 1.807) is 18.2 Å². The normalized spacial score (nSPS) is 11.3. The van der Waals surface area contributed by atoms with E-state index < -0.39 is 10.0 Å². The van der Waals surface area contributed by atoms with Gasteiger partial charge in [-0.2, -0.15) is 0 Å². The van der Waals surface area contributed by atoms with Crippen LogP contribution in [0.3, 0.4) is 0 Å². The van der Waals surface area contributed by atoms with Gasteiger partial charge in [0.2, 0.25) is 0 Å². The molecule has 2 rings (SSSR count). The molecule has 106 valence electrons. The number of nitrogens with zero attached hydrogens (tertiary/aromatic N) is 1. The summed E-state index contributed by atoms with van der Waals surface area (Å²) in [5.41, 5.74) is 8.69. The maximum absolute atomic E-state index is 12.6. The number of aryl methyl sites for hydroxylation is 2. The van der Waals surface area contributed by atoms with Crippen molar-refractivity contribution in [2.75, 3.05) is 17.1 Å². The highest BCUT2D eigenvalue weighted by molar-refractivity contribution is 7.93. The molecule has 0 aliphatic rings. The quantitative estimate of drug-likeness (QED) is 0.884. The third kappa shape index (κ3) is 2.63. The molecule has 0 bridgehead atoms. The van der Waals surface area contributed by atoms with E-state index in [4.69, 9.17) is 5.73 Å². The van der Waals surface area contributed by atoms with Crippen LogP contribution in [0.4, 0.5) is 11.4 Å². The fourth-order valence-electron chi connectivity index (χ4n) is 2.13. The molecule has 20 heavy (non-hydrogen) atoms. The van der Waals surface area contributed by atoms with E-state index in [0.717, 1.165) is 11.1 Å². The molecule has 0 aromatic heterocycles. The van der Waals surface area contributed by atoms with Gasteiger partial charge in [-0.15, -0.1) is 0 Å². The summed E-state index contributed by atoms with van der Waals surface area (Å²) in [7, 11) is -2.11. The van der Waals surface area contributed by atoms with Gasteiger partial charge in [-0.1, -0.05) is 18.2 Å². The fraction of sp³-hybridized carbons (Fsp3) is 0.200. The average molecular weight is 290 g/mol. The summed E-state index contributed by atoms with van der Waals surface area (Å²) in [6, 6.07) is 12.2. The Bertz CT molecular complexity index is 719. The number of nitrogens with two attached hydrogens (primary N) is 1. The summed E-state index contributed by atoms with van der Waals surface area (Å²) in [5, 5.41) is 0. The molecule has 0 aliphatic heterocycles. The van der Waals surface area contributed by atoms with Crippen LogP contribution in [0, 0.1) is 13.8 Å². The zero-order valence-corrected chi connectivity index (χ0v) is 12.6. The van der Waals surface area contributed by atoms with Crippen LogP contribution in [-0.2, 0) is 10.0 Å². The third-order valence-corrected chi connectivity index (χ3v) is 4.99. The van der Waals surface area contributed by atoms with Crippen LogP contribution in [0.25, 0.3) is 0 Å². The Morgan fingerprint density at radius 2 is 1.55 bits per heavy atom. The molecule has 2 aromatic carbocycles. The molecule has 2 aromatic rings. The first-order valence-electron chi connectivity index (χ1n) is 6.24. The maximum atomic E-state index is 12.6. The van der Waals surface area contributed by atoms with Crippen molar-refractivity contribution in [3.8, 4) is 0 Å². The molecule has 0 spiro atoms. The Morgan fingerprint density at radius 1 is 1.00 bits per heavy atom. The van der Waals surface area contributed by atoms with Crippen LogP contribution < -0.4 is 10.0 Å². The van der Waals surface area contributed by atoms with Crippen LogP contribution in [0.1, 0.15) is 11.1 Å². The minimum atomic E-state index is -3.65. The molecule has 5 heteroatoms. The van der Waals surface area contributed by atoms with E-state index in [-0.39, 0.29) is 10.6 Å². The SMILES string of the molecule is Cc1cc(C)cc(N(C)S(=O)(=O)c2ccccc2N)c1. The molecule has 0 fully saturated rings. The highest BCUT2D eigenvalue weighted by atomic mass is 32.2. The van der Waals surface area contributed by atoms with Gasteiger partial charge < -0.3 is 5.73 Å². The summed E-state index contributed by atoms with van der Waals surface area (Å²) in [5.74, 6) is 0. The van der Waals surface area contributed by atoms with Crippen LogP contribution in [0.15, 0.2) is 47.4 Å². The first kappa shape index (κ1) is 14.4. The van der Waals surface area contributed by atoms with Crippen LogP contribution in [-0.4, -0.2) is 15.5 Å². The molecule has 4 nitrogen and oxygen atoms in total. The van der Waals surface area contributed by atoms with E-state index in [9.17, 15) is 8.42 Å². The smallest absolute Gasteiger partial charge is 0.266 e. The summed E-state index contributed by atoms with van der Waals surface area (Å²) in [4.78, 5) is 0.127. The Kier molecular flexibility index (Phi) is 3.72. The lowest BCUT2D eigenvalue weighted by Crippen LogP contribution is -2.27. The van der Waals surface area contributed by atoms with Gasteiger partial charge in [0.1, 0.15) is 4.90 Å². The van der Waals surface area contributed by atoms with Crippen molar-refractivity contribution in [2.45, 2.75) is 18.7 Å². The van der Waals surface area contributed by atoms with Gasteiger partial charge in [0.25, 0.3) is 10.0 Å². The Labute approximate surface area is 119 Å². The van der Waals surface area contributed by atoms with Gasteiger partial charge in [-0.05, 0) is 49.2 Å². The zero-order chi connectivity index (χ0) is 14.9. The molecule has 0 saturated carbocycles. The number of hydrogen-bond acceptors (Lipinski definition) is 3. The van der Waals surface area contributed by atoms with Crippen molar-refractivity contribution in [1.29, 1.82) is 0 Å². The number of benzene rings is 2. The minimum absolute atomic E-state index is 0.127. The predicted octanol–water partition coefficient (Wildman–Crippen LogP) is 2.71. The molecular formula is C15H18N2O2S. The largest absolute Gasteiger partial charge is 0.398 e. The fourth-order valence-corrected chi connectivity index (χ4v) is 3.43. The van der Waals surface area contributed by atoms with Crippen LogP contribution in [0.5, 0.6) is 0 Å². The first-order chi connectivity index (χ1) is 9.32. The van der Waals surface area contributed by atoms with E-state index in [2.05, 4.69) is 0 Å². The lowest BCUT2D eigenvalue weighted by Gasteiger charge is -2.21. The second-order valence-corrected chi connectivity index (χ2v) is 6.79. The first-order valence-corrected chi connectivity index (χ1v) is 7.68. The zero-order valence-electron chi connectivity index (χ0n) is 11.8. The Hall–Kier alpha value is -2.01. The maximum Gasteiger partial charge on any atom is 0.266 e. The number of para-hydroxylation sites is 1. The van der Waals surface area contributed by atoms with Gasteiger partial charge in [0.15, 0.2) is 0 Å². The van der Waals surface area contributed by atoms with E-state index >= 15 is 0 Å². The van der Waals surface area contributed by atoms with Gasteiger partial charge >= 0.3 is 0 Å². The number of hydrogen-bond donors (Lipinski definition) is 1. The van der Waals surface area contributed by atoms with Gasteiger partial charge in [-0.3, -0.25) is 4.31 Å². The van der Waals surface area contributed by atoms with Crippen molar-refractivity contribution < 1.29 is 8.42 Å². The summed E-state index contributed by atoms with van der Waals surface area (Å²) < 4.78 is 26.5. The lowest BCUT2D eigenvalue weighted by atomic mass is 10.1. The van der Waals surface area contributed by atoms with Gasteiger partial charge in [-0.25, -0.2) is 8.42 Å². The number of nitrogen functional groups attached to an aromatic ring is 1. The minimum Gasteiger partial charge on any atom is -0.398 e. The van der Waals surface area contributed by atoms with E-state index in [1.807, 2.05) is 32.0 Å². The topological polar surface area (TPSA) is 63.4 Å². The van der Waals surface area contributed by atoms with Crippen molar-refractivity contribution in [3.63, 3.8) is 0 Å². The molecule has 0 heterocycles. The molecule has 0 aliphatic carbocycles. The number of sulfonamides is 1. The van der Waals surface area contributed by atoms with Crippen molar-refractivity contribution in [1.82, 2.24) is 0 Å². The van der Waals surface area contributed by atoms with E-state index in [0.29, 0.717) is 5.69 Å². The van der Waals surface area contributed by atoms with Crippen LogP contribution in [0.2, 0.25) is 0 Å². The molecule has 0 atom stereocenters. The van der Waals surface area contributed by atoms with Crippen LogP contribution >= 0.6 is 0 Å². The molecule has 0 amide bonds. The third-order valence-electron chi connectivity index (χ3n) is 3.13. The van der Waals surface area contributed by atoms with Gasteiger partial charge in [0, 0.05) is 7.05 Å². The average Bonchev–Trinajstić information content (AvgIpc) is 2.37. The van der Waals surface area contributed by atoms with Crippen molar-refractivity contribution in [2.24, 2.45) is 0 Å². The summed E-state index contributed by atoms with van der Waals surface area (Å²) in [6.07, 6.45) is 0. The number of anilines is 2. The highest BCUT2D eigenvalue weighted by Gasteiger charge is 2.23. The van der Waals surface area contributed by atoms with Crippen molar-refractivity contribution >= 4 is 21.4 Å². The molecule has 2 N–H and O–H groups in total. The molecule has 0 unspecified atom stereocenters. The molecule has 0 radical (unpaired) electrons. The monoisotopic (exact) mass is 290 g/mol.